The van der Waals surface area contributed by atoms with Gasteiger partial charge in [0, 0.05) is 17.3 Å². The number of rotatable bonds is 8. The molecule has 0 bridgehead atoms. The number of carbonyl (C=O) groups is 3. The van der Waals surface area contributed by atoms with E-state index in [1.165, 1.54) is 34.1 Å². The third-order valence-electron chi connectivity index (χ3n) is 6.25. The van der Waals surface area contributed by atoms with Crippen molar-refractivity contribution < 1.29 is 18.8 Å². The highest BCUT2D eigenvalue weighted by Gasteiger charge is 2.47. The highest BCUT2D eigenvalue weighted by Crippen LogP contribution is 2.38. The van der Waals surface area contributed by atoms with Crippen molar-refractivity contribution in [2.45, 2.75) is 32.4 Å². The minimum atomic E-state index is -0.792. The molecule has 2 aliphatic rings. The number of halogens is 2. The Bertz CT molecular complexity index is 1210. The van der Waals surface area contributed by atoms with Crippen LogP contribution in [0, 0.1) is 11.7 Å². The molecule has 0 spiro atoms. The van der Waals surface area contributed by atoms with Crippen LogP contribution in [0.5, 0.6) is 0 Å². The summed E-state index contributed by atoms with van der Waals surface area (Å²) in [5.74, 6) is -0.999. The first-order chi connectivity index (χ1) is 17.2. The van der Waals surface area contributed by atoms with Gasteiger partial charge in [-0.3, -0.25) is 14.5 Å². The van der Waals surface area contributed by atoms with Crippen LogP contribution in [0.25, 0.3) is 0 Å². The van der Waals surface area contributed by atoms with Gasteiger partial charge in [0.15, 0.2) is 0 Å². The fourth-order valence-corrected chi connectivity index (χ4v) is 4.70. The first-order valence-electron chi connectivity index (χ1n) is 11.7. The van der Waals surface area contributed by atoms with E-state index >= 15 is 0 Å². The van der Waals surface area contributed by atoms with Gasteiger partial charge in [-0.1, -0.05) is 43.7 Å². The lowest BCUT2D eigenvalue weighted by atomic mass is 9.95. The van der Waals surface area contributed by atoms with Gasteiger partial charge in [0.2, 0.25) is 5.91 Å². The van der Waals surface area contributed by atoms with E-state index in [9.17, 15) is 18.8 Å². The summed E-state index contributed by atoms with van der Waals surface area (Å²) in [6.45, 7) is 8.00. The SMILES string of the molecule is C=CCN1C(=O)N[C@H](c2ccc(Cl)cc2)C2=C1CN([C@H](CC(C)C)C(=O)Nc1ccc(F)cc1)C2=O. The molecule has 36 heavy (non-hydrogen) atoms. The molecule has 0 unspecified atom stereocenters. The summed E-state index contributed by atoms with van der Waals surface area (Å²) in [4.78, 5) is 43.3. The molecule has 2 heterocycles. The predicted octanol–water partition coefficient (Wildman–Crippen LogP) is 4.88. The molecule has 2 N–H and O–H groups in total. The number of hydrogen-bond acceptors (Lipinski definition) is 3. The zero-order valence-electron chi connectivity index (χ0n) is 20.1. The van der Waals surface area contributed by atoms with Gasteiger partial charge in [0.05, 0.1) is 23.9 Å². The standard InChI is InChI=1S/C27H28ClFN4O3/c1-4-13-32-22-15-33(21(14-16(2)3)25(34)30-20-11-9-19(29)10-12-20)26(35)23(22)24(31-27(32)36)17-5-7-18(28)8-6-17/h4-12,16,21,24H,1,13-15H2,2-3H3,(H,30,34)(H,31,36)/t21-,24-/m1/s1. The van der Waals surface area contributed by atoms with Gasteiger partial charge < -0.3 is 15.5 Å². The smallest absolute Gasteiger partial charge is 0.322 e. The van der Waals surface area contributed by atoms with Gasteiger partial charge in [-0.05, 0) is 54.3 Å². The maximum Gasteiger partial charge on any atom is 0.322 e. The molecular formula is C27H28ClFN4O3. The molecule has 4 rings (SSSR count). The molecule has 2 aromatic rings. The van der Waals surface area contributed by atoms with Crippen LogP contribution in [0.3, 0.4) is 0 Å². The Morgan fingerprint density at radius 3 is 2.47 bits per heavy atom. The Morgan fingerprint density at radius 1 is 1.19 bits per heavy atom. The molecule has 0 aliphatic carbocycles. The summed E-state index contributed by atoms with van der Waals surface area (Å²) in [5.41, 5.74) is 2.11. The van der Waals surface area contributed by atoms with Crippen LogP contribution in [0.1, 0.15) is 31.9 Å². The van der Waals surface area contributed by atoms with Crippen LogP contribution in [0.15, 0.2) is 72.5 Å². The molecular weight excluding hydrogens is 483 g/mol. The summed E-state index contributed by atoms with van der Waals surface area (Å²) in [6, 6.07) is 10.6. The molecule has 9 heteroatoms. The largest absolute Gasteiger partial charge is 0.326 e. The monoisotopic (exact) mass is 510 g/mol. The van der Waals surface area contributed by atoms with Gasteiger partial charge in [-0.2, -0.15) is 0 Å². The average molecular weight is 511 g/mol. The van der Waals surface area contributed by atoms with Gasteiger partial charge in [-0.25, -0.2) is 9.18 Å². The van der Waals surface area contributed by atoms with Crippen molar-refractivity contribution in [1.82, 2.24) is 15.1 Å². The summed E-state index contributed by atoms with van der Waals surface area (Å²) < 4.78 is 13.3. The maximum atomic E-state index is 13.9. The number of carbonyl (C=O) groups excluding carboxylic acids is 3. The van der Waals surface area contributed by atoms with E-state index in [1.54, 1.807) is 30.3 Å². The van der Waals surface area contributed by atoms with Crippen molar-refractivity contribution in [3.8, 4) is 0 Å². The van der Waals surface area contributed by atoms with E-state index in [-0.39, 0.29) is 36.9 Å². The van der Waals surface area contributed by atoms with Crippen LogP contribution >= 0.6 is 11.6 Å². The number of amides is 4. The minimum absolute atomic E-state index is 0.105. The molecule has 0 fully saturated rings. The lowest BCUT2D eigenvalue weighted by Gasteiger charge is -2.33. The van der Waals surface area contributed by atoms with Gasteiger partial charge >= 0.3 is 6.03 Å². The molecule has 4 amide bonds. The normalized spacial score (nSPS) is 18.3. The van der Waals surface area contributed by atoms with Crippen molar-refractivity contribution in [2.75, 3.05) is 18.4 Å². The van der Waals surface area contributed by atoms with E-state index in [2.05, 4.69) is 17.2 Å². The molecule has 0 saturated heterocycles. The lowest BCUT2D eigenvalue weighted by molar-refractivity contribution is -0.134. The molecule has 7 nitrogen and oxygen atoms in total. The van der Waals surface area contributed by atoms with Crippen LogP contribution < -0.4 is 10.6 Å². The van der Waals surface area contributed by atoms with Crippen LogP contribution in [0.2, 0.25) is 5.02 Å². The number of nitrogens with zero attached hydrogens (tertiary/aromatic N) is 2. The molecule has 0 aromatic heterocycles. The fraction of sp³-hybridized carbons (Fsp3) is 0.296. The summed E-state index contributed by atoms with van der Waals surface area (Å²) in [5, 5.41) is 6.26. The minimum Gasteiger partial charge on any atom is -0.326 e. The Balaban J connectivity index is 1.69. The zero-order valence-corrected chi connectivity index (χ0v) is 20.9. The number of anilines is 1. The molecule has 0 radical (unpaired) electrons. The molecule has 188 valence electrons. The molecule has 0 saturated carbocycles. The number of urea groups is 1. The quantitative estimate of drug-likeness (QED) is 0.496. The second-order valence-corrected chi connectivity index (χ2v) is 9.70. The van der Waals surface area contributed by atoms with Crippen molar-refractivity contribution >= 4 is 35.1 Å². The van der Waals surface area contributed by atoms with Crippen molar-refractivity contribution in [1.29, 1.82) is 0 Å². The number of benzene rings is 2. The second kappa shape index (κ2) is 10.5. The third kappa shape index (κ3) is 5.14. The summed E-state index contributed by atoms with van der Waals surface area (Å²) in [7, 11) is 0. The number of nitrogens with one attached hydrogen (secondary N) is 2. The Labute approximate surface area is 214 Å². The molecule has 2 atom stereocenters. The Morgan fingerprint density at radius 2 is 1.86 bits per heavy atom. The van der Waals surface area contributed by atoms with Crippen LogP contribution in [0.4, 0.5) is 14.9 Å². The van der Waals surface area contributed by atoms with Crippen molar-refractivity contribution in [3.63, 3.8) is 0 Å². The van der Waals surface area contributed by atoms with Gasteiger partial charge in [0.1, 0.15) is 11.9 Å². The topological polar surface area (TPSA) is 81.8 Å². The van der Waals surface area contributed by atoms with Crippen LogP contribution in [-0.4, -0.2) is 46.8 Å². The van der Waals surface area contributed by atoms with E-state index in [4.69, 9.17) is 11.6 Å². The average Bonchev–Trinajstić information content (AvgIpc) is 3.18. The van der Waals surface area contributed by atoms with Crippen molar-refractivity contribution in [3.05, 3.63) is 88.9 Å². The van der Waals surface area contributed by atoms with E-state index < -0.39 is 17.9 Å². The van der Waals surface area contributed by atoms with E-state index in [1.807, 2.05) is 13.8 Å². The highest BCUT2D eigenvalue weighted by molar-refractivity contribution is 6.30. The van der Waals surface area contributed by atoms with Gasteiger partial charge in [0.25, 0.3) is 5.91 Å². The molecule has 2 aromatic carbocycles. The Hall–Kier alpha value is -3.65. The zero-order chi connectivity index (χ0) is 26.0. The second-order valence-electron chi connectivity index (χ2n) is 9.27. The predicted molar refractivity (Wildman–Crippen MR) is 137 cm³/mol. The highest BCUT2D eigenvalue weighted by atomic mass is 35.5. The van der Waals surface area contributed by atoms with Crippen LogP contribution in [-0.2, 0) is 9.59 Å². The number of hydrogen-bond donors (Lipinski definition) is 2. The summed E-state index contributed by atoms with van der Waals surface area (Å²) in [6.07, 6.45) is 2.00. The van der Waals surface area contributed by atoms with E-state index in [0.717, 1.165) is 0 Å². The van der Waals surface area contributed by atoms with Gasteiger partial charge in [-0.15, -0.1) is 6.58 Å². The third-order valence-corrected chi connectivity index (χ3v) is 6.50. The first-order valence-corrected chi connectivity index (χ1v) is 12.1. The van der Waals surface area contributed by atoms with Crippen molar-refractivity contribution in [2.24, 2.45) is 5.92 Å². The fourth-order valence-electron chi connectivity index (χ4n) is 4.57. The first kappa shape index (κ1) is 25.4. The molecule has 2 aliphatic heterocycles. The lowest BCUT2D eigenvalue weighted by Crippen LogP contribution is -2.47. The maximum absolute atomic E-state index is 13.9. The summed E-state index contributed by atoms with van der Waals surface area (Å²) >= 11 is 6.05. The van der Waals surface area contributed by atoms with E-state index in [0.29, 0.717) is 34.0 Å². The Kier molecular flexibility index (Phi) is 7.45.